The number of hydrogen-bond donors (Lipinski definition) is 1. The van der Waals surface area contributed by atoms with Crippen molar-refractivity contribution in [3.05, 3.63) is 63.7 Å². The van der Waals surface area contributed by atoms with Gasteiger partial charge in [0.05, 0.1) is 16.0 Å². The van der Waals surface area contributed by atoms with Crippen LogP contribution in [-0.4, -0.2) is 27.8 Å². The Morgan fingerprint density at radius 2 is 1.88 bits per heavy atom. The molecule has 2 aromatic rings. The summed E-state index contributed by atoms with van der Waals surface area (Å²) in [4.78, 5) is 32.9. The van der Waals surface area contributed by atoms with Gasteiger partial charge in [0.15, 0.2) is 0 Å². The lowest BCUT2D eigenvalue weighted by Crippen LogP contribution is -2.26. The van der Waals surface area contributed by atoms with Crippen LogP contribution in [0.5, 0.6) is 0 Å². The third-order valence-electron chi connectivity index (χ3n) is 3.85. The maximum atomic E-state index is 13.1. The number of alkyl halides is 3. The van der Waals surface area contributed by atoms with Crippen molar-refractivity contribution in [2.24, 2.45) is 0 Å². The van der Waals surface area contributed by atoms with E-state index in [4.69, 9.17) is 0 Å². The Balaban J connectivity index is 2.07. The van der Waals surface area contributed by atoms with Crippen LogP contribution in [0.2, 0.25) is 0 Å². The van der Waals surface area contributed by atoms with E-state index in [1.165, 1.54) is 25.3 Å². The first-order chi connectivity index (χ1) is 12.2. The van der Waals surface area contributed by atoms with E-state index in [1.807, 2.05) is 0 Å². The summed E-state index contributed by atoms with van der Waals surface area (Å²) in [7, 11) is 0. The van der Waals surface area contributed by atoms with E-state index >= 15 is 0 Å². The number of fused-ring (bicyclic) bond motifs is 1. The van der Waals surface area contributed by atoms with Crippen molar-refractivity contribution in [2.45, 2.75) is 13.1 Å². The molecule has 0 spiro atoms. The number of thioether (sulfide) groups is 1. The number of benzene rings is 1. The second-order valence-electron chi connectivity index (χ2n) is 5.50. The molecule has 0 saturated carbocycles. The van der Waals surface area contributed by atoms with Crippen molar-refractivity contribution in [1.82, 2.24) is 9.97 Å². The van der Waals surface area contributed by atoms with E-state index in [9.17, 15) is 22.8 Å². The number of rotatable bonds is 3. The van der Waals surface area contributed by atoms with Crippen molar-refractivity contribution in [3.8, 4) is 0 Å². The van der Waals surface area contributed by atoms with Crippen molar-refractivity contribution in [2.75, 3.05) is 11.6 Å². The van der Waals surface area contributed by atoms with Crippen molar-refractivity contribution in [1.29, 1.82) is 0 Å². The molecule has 1 aliphatic rings. The van der Waals surface area contributed by atoms with Crippen LogP contribution in [0.15, 0.2) is 41.3 Å². The average molecular weight is 379 g/mol. The van der Waals surface area contributed by atoms with Gasteiger partial charge in [0.25, 0.3) is 0 Å². The highest BCUT2D eigenvalue weighted by Gasteiger charge is 2.35. The molecule has 0 fully saturated rings. The number of aryl methyl sites for hydroxylation is 1. The van der Waals surface area contributed by atoms with Gasteiger partial charge in [0, 0.05) is 11.9 Å². The number of hydrogen-bond acceptors (Lipinski definition) is 6. The molecule has 5 nitrogen and oxygen atoms in total. The molecule has 0 amide bonds. The summed E-state index contributed by atoms with van der Waals surface area (Å²) in [6.07, 6.45) is -0.538. The number of ketones is 2. The molecule has 0 saturated heterocycles. The van der Waals surface area contributed by atoms with Crippen molar-refractivity contribution >= 4 is 29.0 Å². The molecule has 1 heterocycles. The van der Waals surface area contributed by atoms with Crippen LogP contribution in [0.1, 0.15) is 32.0 Å². The standard InChI is InChI=1S/C17H12F3N3O2S/c1-8-3-4-9(5-11(8)17(18,19)20)23-13-14(24)10-6-21-7-22-12(10)15(25)16(13)26-2/h3-7,23H,1-2H3. The number of carbonyl (C=O) groups is 2. The first-order valence-corrected chi connectivity index (χ1v) is 8.59. The number of halogens is 3. The molecule has 0 radical (unpaired) electrons. The van der Waals surface area contributed by atoms with E-state index in [0.717, 1.165) is 24.2 Å². The lowest BCUT2D eigenvalue weighted by molar-refractivity contribution is -0.138. The van der Waals surface area contributed by atoms with Gasteiger partial charge in [0.2, 0.25) is 11.6 Å². The zero-order valence-corrected chi connectivity index (χ0v) is 14.5. The molecule has 9 heteroatoms. The minimum atomic E-state index is -4.52. The third kappa shape index (κ3) is 3.10. The van der Waals surface area contributed by atoms with Crippen LogP contribution in [0.4, 0.5) is 18.9 Å². The average Bonchev–Trinajstić information content (AvgIpc) is 2.60. The molecule has 3 rings (SSSR count). The SMILES string of the molecule is CSC1=C(Nc2ccc(C)c(C(F)(F)F)c2)C(=O)c2cncnc2C1=O. The van der Waals surface area contributed by atoms with E-state index < -0.39 is 23.3 Å². The first-order valence-electron chi connectivity index (χ1n) is 7.36. The van der Waals surface area contributed by atoms with Gasteiger partial charge in [-0.1, -0.05) is 6.07 Å². The Labute approximate surface area is 150 Å². The first kappa shape index (κ1) is 18.1. The molecule has 0 aliphatic heterocycles. The van der Waals surface area contributed by atoms with Crippen LogP contribution in [0.25, 0.3) is 0 Å². The van der Waals surface area contributed by atoms with Gasteiger partial charge in [-0.25, -0.2) is 9.97 Å². The molecule has 134 valence electrons. The van der Waals surface area contributed by atoms with E-state index in [0.29, 0.717) is 0 Å². The van der Waals surface area contributed by atoms with Gasteiger partial charge in [-0.2, -0.15) is 13.2 Å². The summed E-state index contributed by atoms with van der Waals surface area (Å²) < 4.78 is 39.3. The smallest absolute Gasteiger partial charge is 0.351 e. The maximum Gasteiger partial charge on any atom is 0.416 e. The number of allylic oxidation sites excluding steroid dienone is 2. The van der Waals surface area contributed by atoms with Crippen LogP contribution in [-0.2, 0) is 6.18 Å². The predicted molar refractivity (Wildman–Crippen MR) is 91.0 cm³/mol. The minimum Gasteiger partial charge on any atom is -0.351 e. The second-order valence-corrected chi connectivity index (χ2v) is 6.32. The Morgan fingerprint density at radius 3 is 2.54 bits per heavy atom. The number of aromatic nitrogens is 2. The molecular weight excluding hydrogens is 367 g/mol. The molecule has 0 unspecified atom stereocenters. The van der Waals surface area contributed by atoms with Gasteiger partial charge in [0.1, 0.15) is 17.7 Å². The second kappa shape index (κ2) is 6.56. The Kier molecular flexibility index (Phi) is 4.57. The summed E-state index contributed by atoms with van der Waals surface area (Å²) in [5, 5.41) is 2.68. The molecular formula is C17H12F3N3O2S. The molecule has 26 heavy (non-hydrogen) atoms. The Morgan fingerprint density at radius 1 is 1.15 bits per heavy atom. The monoisotopic (exact) mass is 379 g/mol. The lowest BCUT2D eigenvalue weighted by atomic mass is 9.98. The Hall–Kier alpha value is -2.68. The highest BCUT2D eigenvalue weighted by atomic mass is 32.2. The van der Waals surface area contributed by atoms with Crippen LogP contribution in [0, 0.1) is 6.92 Å². The van der Waals surface area contributed by atoms with E-state index in [-0.39, 0.29) is 33.1 Å². The van der Waals surface area contributed by atoms with Gasteiger partial charge >= 0.3 is 6.18 Å². The summed E-state index contributed by atoms with van der Waals surface area (Å²) >= 11 is 1.03. The molecule has 0 atom stereocenters. The van der Waals surface area contributed by atoms with Crippen LogP contribution in [0.3, 0.4) is 0 Å². The molecule has 1 aliphatic carbocycles. The van der Waals surface area contributed by atoms with Crippen molar-refractivity contribution in [3.63, 3.8) is 0 Å². The van der Waals surface area contributed by atoms with Gasteiger partial charge in [-0.3, -0.25) is 9.59 Å². The summed E-state index contributed by atoms with van der Waals surface area (Å²) in [6.45, 7) is 1.35. The van der Waals surface area contributed by atoms with Gasteiger partial charge in [-0.15, -0.1) is 11.8 Å². The van der Waals surface area contributed by atoms with E-state index in [1.54, 1.807) is 6.26 Å². The largest absolute Gasteiger partial charge is 0.416 e. The highest BCUT2D eigenvalue weighted by molar-refractivity contribution is 8.03. The van der Waals surface area contributed by atoms with Crippen LogP contribution >= 0.6 is 11.8 Å². The summed E-state index contributed by atoms with van der Waals surface area (Å²) in [6, 6.07) is 3.63. The number of anilines is 1. The predicted octanol–water partition coefficient (Wildman–Crippen LogP) is 3.87. The topological polar surface area (TPSA) is 72.0 Å². The molecule has 1 N–H and O–H groups in total. The van der Waals surface area contributed by atoms with E-state index in [2.05, 4.69) is 15.3 Å². The Bertz CT molecular complexity index is 955. The zero-order valence-electron chi connectivity index (χ0n) is 13.6. The number of nitrogens with one attached hydrogen (secondary N) is 1. The fourth-order valence-electron chi connectivity index (χ4n) is 2.59. The van der Waals surface area contributed by atoms with Gasteiger partial charge in [-0.05, 0) is 30.9 Å². The highest BCUT2D eigenvalue weighted by Crippen LogP contribution is 2.35. The quantitative estimate of drug-likeness (QED) is 0.873. The van der Waals surface area contributed by atoms with Crippen molar-refractivity contribution < 1.29 is 22.8 Å². The fourth-order valence-corrected chi connectivity index (χ4v) is 3.22. The minimum absolute atomic E-state index is 0.0141. The number of Topliss-reactive ketones (excluding diaryl/α,β-unsaturated/α-hetero) is 2. The summed E-state index contributed by atoms with van der Waals surface area (Å²) in [5.74, 6) is -1.01. The maximum absolute atomic E-state index is 13.1. The normalized spacial score (nSPS) is 14.5. The van der Waals surface area contributed by atoms with Crippen LogP contribution < -0.4 is 5.32 Å². The number of nitrogens with zero attached hydrogens (tertiary/aromatic N) is 2. The lowest BCUT2D eigenvalue weighted by Gasteiger charge is -2.20. The third-order valence-corrected chi connectivity index (χ3v) is 4.65. The summed E-state index contributed by atoms with van der Waals surface area (Å²) in [5.41, 5.74) is -0.771. The molecule has 0 bridgehead atoms. The van der Waals surface area contributed by atoms with Gasteiger partial charge < -0.3 is 5.32 Å². The molecule has 1 aromatic carbocycles. The zero-order chi connectivity index (χ0) is 19.1. The molecule has 1 aromatic heterocycles. The number of carbonyl (C=O) groups excluding carboxylic acids is 2. The fraction of sp³-hybridized carbons (Fsp3) is 0.176.